The third kappa shape index (κ3) is 6.79. The summed E-state index contributed by atoms with van der Waals surface area (Å²) in [7, 11) is -3.24. The maximum Gasteiger partial charge on any atom is 0.241 e. The molecular formula is C63H55BN2O2Si. The SMILES string of the molecule is CC(C)c1cc(C(C)C)c(B2c3ccc(N4c5ccccc5Oc5ccccc54)cc3[Si](c3ccccc3)(c3ccccc3)c3cc(N4c5ccccc5Oc5ccccc54)ccc32)c(C(C)C)c1. The number of fused-ring (bicyclic) bond motifs is 6. The first kappa shape index (κ1) is 42.8. The van der Waals surface area contributed by atoms with Crippen molar-refractivity contribution in [2.24, 2.45) is 0 Å². The van der Waals surface area contributed by atoms with Crippen molar-refractivity contribution in [3.05, 3.63) is 223 Å². The van der Waals surface area contributed by atoms with Gasteiger partial charge in [-0.15, -0.1) is 0 Å². The smallest absolute Gasteiger partial charge is 0.241 e. The molecule has 0 unspecified atom stereocenters. The van der Waals surface area contributed by atoms with E-state index in [0.29, 0.717) is 17.8 Å². The fourth-order valence-corrected chi connectivity index (χ4v) is 16.9. The van der Waals surface area contributed by atoms with Crippen LogP contribution in [-0.2, 0) is 0 Å². The van der Waals surface area contributed by atoms with Crippen molar-refractivity contribution in [1.29, 1.82) is 0 Å². The Labute approximate surface area is 408 Å². The van der Waals surface area contributed by atoms with Gasteiger partial charge in [0.25, 0.3) is 0 Å². The Balaban J connectivity index is 1.24. The lowest BCUT2D eigenvalue weighted by molar-refractivity contribution is 0.477. The molecule has 69 heavy (non-hydrogen) atoms. The van der Waals surface area contributed by atoms with E-state index in [9.17, 15) is 0 Å². The highest BCUT2D eigenvalue weighted by Gasteiger charge is 2.51. The van der Waals surface area contributed by atoms with Crippen LogP contribution in [0.25, 0.3) is 0 Å². The first-order chi connectivity index (χ1) is 33.7. The summed E-state index contributed by atoms with van der Waals surface area (Å²) in [5, 5.41) is 5.49. The van der Waals surface area contributed by atoms with Gasteiger partial charge in [-0.3, -0.25) is 0 Å². The van der Waals surface area contributed by atoms with Crippen LogP contribution in [0.15, 0.2) is 206 Å². The lowest BCUT2D eigenvalue weighted by atomic mass is 9.34. The Morgan fingerprint density at radius 2 is 0.725 bits per heavy atom. The van der Waals surface area contributed by atoms with Gasteiger partial charge in [-0.25, -0.2) is 0 Å². The summed E-state index contributed by atoms with van der Waals surface area (Å²) in [6.07, 6.45) is 0. The van der Waals surface area contributed by atoms with Crippen molar-refractivity contribution in [3.8, 4) is 23.0 Å². The lowest BCUT2D eigenvalue weighted by Gasteiger charge is -2.45. The van der Waals surface area contributed by atoms with Crippen LogP contribution >= 0.6 is 0 Å². The summed E-state index contributed by atoms with van der Waals surface area (Å²) in [4.78, 5) is 4.84. The Morgan fingerprint density at radius 1 is 0.377 bits per heavy atom. The molecule has 0 bridgehead atoms. The number of anilines is 6. The van der Waals surface area contributed by atoms with Crippen molar-refractivity contribution < 1.29 is 9.47 Å². The number of rotatable bonds is 8. The zero-order valence-corrected chi connectivity index (χ0v) is 41.2. The van der Waals surface area contributed by atoms with Gasteiger partial charge in [0, 0.05) is 11.4 Å². The van der Waals surface area contributed by atoms with Gasteiger partial charge >= 0.3 is 0 Å². The van der Waals surface area contributed by atoms with E-state index in [4.69, 9.17) is 9.47 Å². The predicted molar refractivity (Wildman–Crippen MR) is 293 cm³/mol. The molecule has 9 aromatic carbocycles. The maximum atomic E-state index is 6.61. The number of nitrogens with zero attached hydrogens (tertiary/aromatic N) is 2. The Bertz CT molecular complexity index is 3110. The van der Waals surface area contributed by atoms with E-state index >= 15 is 0 Å². The van der Waals surface area contributed by atoms with Gasteiger partial charge in [0.1, 0.15) is 0 Å². The Kier molecular flexibility index (Phi) is 10.5. The quantitative estimate of drug-likeness (QED) is 0.142. The molecule has 0 radical (unpaired) electrons. The minimum absolute atomic E-state index is 0.0457. The summed E-state index contributed by atoms with van der Waals surface area (Å²) in [5.41, 5.74) is 14.8. The van der Waals surface area contributed by atoms with E-state index in [1.54, 1.807) is 0 Å². The Hall–Kier alpha value is -7.54. The van der Waals surface area contributed by atoms with Crippen LogP contribution in [0, 0.1) is 0 Å². The normalized spacial score (nSPS) is 14.0. The summed E-state index contributed by atoms with van der Waals surface area (Å²) in [6.45, 7) is 14.2. The molecule has 0 N–H and O–H groups in total. The average Bonchev–Trinajstić information content (AvgIpc) is 3.38. The van der Waals surface area contributed by atoms with Crippen LogP contribution in [-0.4, -0.2) is 14.8 Å². The second-order valence-corrected chi connectivity index (χ2v) is 23.5. The van der Waals surface area contributed by atoms with Crippen LogP contribution in [0.5, 0.6) is 23.0 Å². The molecule has 3 heterocycles. The highest BCUT2D eigenvalue weighted by atomic mass is 28.3. The molecule has 3 aliphatic rings. The first-order valence-electron chi connectivity index (χ1n) is 24.6. The summed E-state index contributed by atoms with van der Waals surface area (Å²) in [5.74, 6) is 4.38. The molecule has 12 rings (SSSR count). The Morgan fingerprint density at radius 3 is 1.07 bits per heavy atom. The van der Waals surface area contributed by atoms with E-state index < -0.39 is 8.07 Å². The van der Waals surface area contributed by atoms with Gasteiger partial charge in [-0.1, -0.05) is 191 Å². The van der Waals surface area contributed by atoms with Crippen molar-refractivity contribution >= 4 is 86.0 Å². The second kappa shape index (κ2) is 16.9. The minimum Gasteiger partial charge on any atom is -0.453 e. The van der Waals surface area contributed by atoms with Crippen LogP contribution in [0.3, 0.4) is 0 Å². The molecule has 3 aliphatic heterocycles. The fraction of sp³-hybridized carbons (Fsp3) is 0.143. The molecule has 0 spiro atoms. The zero-order valence-electron chi connectivity index (χ0n) is 40.2. The number of para-hydroxylation sites is 8. The number of hydrogen-bond acceptors (Lipinski definition) is 4. The molecule has 0 atom stereocenters. The molecule has 6 heteroatoms. The number of benzene rings is 9. The van der Waals surface area contributed by atoms with Crippen molar-refractivity contribution in [2.75, 3.05) is 9.80 Å². The molecule has 9 aromatic rings. The van der Waals surface area contributed by atoms with Gasteiger partial charge < -0.3 is 19.3 Å². The fourth-order valence-electron chi connectivity index (χ4n) is 11.6. The van der Waals surface area contributed by atoms with Crippen LogP contribution in [0.1, 0.15) is 76.0 Å². The van der Waals surface area contributed by atoms with E-state index in [2.05, 4.69) is 258 Å². The van der Waals surface area contributed by atoms with Crippen molar-refractivity contribution in [3.63, 3.8) is 0 Å². The van der Waals surface area contributed by atoms with E-state index in [1.807, 2.05) is 0 Å². The maximum absolute atomic E-state index is 6.61. The van der Waals surface area contributed by atoms with E-state index in [0.717, 1.165) is 57.1 Å². The third-order valence-electron chi connectivity index (χ3n) is 14.8. The molecule has 4 nitrogen and oxygen atoms in total. The molecule has 0 saturated carbocycles. The largest absolute Gasteiger partial charge is 0.453 e. The topological polar surface area (TPSA) is 24.9 Å². The lowest BCUT2D eigenvalue weighted by Crippen LogP contribution is -2.87. The standard InChI is InChI=1S/C63H55BN2O2Si/c1-41(2)44-37-49(42(3)4)63(50(38-44)43(5)6)64-51-35-33-45(65-53-25-13-17-29-57(53)67-58-30-18-14-26-54(58)65)39-61(51)69(47-21-9-7-10-22-47,48-23-11-8-12-24-48)62-40-46(34-36-52(62)64)66-55-27-15-19-31-59(55)68-60-32-20-16-28-56(60)66/h7-43H,1-6H3. The minimum atomic E-state index is -3.24. The molecule has 0 amide bonds. The van der Waals surface area contributed by atoms with Gasteiger partial charge in [0.2, 0.25) is 6.71 Å². The second-order valence-electron chi connectivity index (χ2n) is 19.8. The molecule has 0 fully saturated rings. The molecular weight excluding hydrogens is 856 g/mol. The van der Waals surface area contributed by atoms with Gasteiger partial charge in [0.15, 0.2) is 31.1 Å². The van der Waals surface area contributed by atoms with Crippen LogP contribution in [0.2, 0.25) is 0 Å². The summed E-state index contributed by atoms with van der Waals surface area (Å²) < 4.78 is 13.2. The average molecular weight is 911 g/mol. The molecule has 0 saturated heterocycles. The van der Waals surface area contributed by atoms with Gasteiger partial charge in [-0.05, 0) is 128 Å². The molecule has 0 aliphatic carbocycles. The van der Waals surface area contributed by atoms with E-state index in [1.165, 1.54) is 53.8 Å². The van der Waals surface area contributed by atoms with Crippen LogP contribution < -0.4 is 56.4 Å². The molecule has 336 valence electrons. The highest BCUT2D eigenvalue weighted by molar-refractivity contribution is 7.26. The number of ether oxygens (including phenoxy) is 2. The highest BCUT2D eigenvalue weighted by Crippen LogP contribution is 2.51. The predicted octanol–water partition coefficient (Wildman–Crippen LogP) is 12.4. The molecule has 0 aromatic heterocycles. The van der Waals surface area contributed by atoms with E-state index in [-0.39, 0.29) is 6.71 Å². The van der Waals surface area contributed by atoms with Gasteiger partial charge in [0.05, 0.1) is 22.7 Å². The third-order valence-corrected chi connectivity index (χ3v) is 19.6. The summed E-state index contributed by atoms with van der Waals surface area (Å²) in [6, 6.07) is 76.7. The monoisotopic (exact) mass is 910 g/mol. The summed E-state index contributed by atoms with van der Waals surface area (Å²) >= 11 is 0. The van der Waals surface area contributed by atoms with Crippen LogP contribution in [0.4, 0.5) is 34.1 Å². The van der Waals surface area contributed by atoms with Crippen molar-refractivity contribution in [2.45, 2.75) is 59.3 Å². The first-order valence-corrected chi connectivity index (χ1v) is 26.6. The van der Waals surface area contributed by atoms with Crippen molar-refractivity contribution in [1.82, 2.24) is 0 Å². The zero-order chi connectivity index (χ0) is 47.0. The number of hydrogen-bond donors (Lipinski definition) is 0. The van der Waals surface area contributed by atoms with Gasteiger partial charge in [-0.2, -0.15) is 0 Å².